The van der Waals surface area contributed by atoms with Crippen LogP contribution in [0, 0.1) is 17.7 Å². The molecule has 1 aliphatic heterocycles. The van der Waals surface area contributed by atoms with Gasteiger partial charge in [0.2, 0.25) is 0 Å². The lowest BCUT2D eigenvalue weighted by atomic mass is 9.79. The van der Waals surface area contributed by atoms with Crippen molar-refractivity contribution in [1.82, 2.24) is 4.90 Å². The molecule has 4 heteroatoms. The molecule has 2 rings (SSSR count). The zero-order chi connectivity index (χ0) is 14.0. The number of aryl methyl sites for hydroxylation is 1. The van der Waals surface area contributed by atoms with E-state index in [1.165, 1.54) is 11.1 Å². The molecule has 1 aromatic rings. The van der Waals surface area contributed by atoms with Crippen LogP contribution in [0.4, 0.5) is 0 Å². The highest BCUT2D eigenvalue weighted by Gasteiger charge is 2.32. The topological polar surface area (TPSA) is 53.1 Å². The van der Waals surface area contributed by atoms with Crippen LogP contribution < -0.4 is 5.73 Å². The van der Waals surface area contributed by atoms with Crippen molar-refractivity contribution in [3.05, 3.63) is 34.3 Å². The summed E-state index contributed by atoms with van der Waals surface area (Å²) in [6.07, 6.45) is 1.90. The second kappa shape index (κ2) is 5.51. The van der Waals surface area contributed by atoms with Gasteiger partial charge in [-0.3, -0.25) is 10.3 Å². The maximum absolute atomic E-state index is 7.67. The van der Waals surface area contributed by atoms with Crippen molar-refractivity contribution in [2.75, 3.05) is 13.1 Å². The Morgan fingerprint density at radius 2 is 2.05 bits per heavy atom. The highest BCUT2D eigenvalue weighted by atomic mass is 35.5. The zero-order valence-electron chi connectivity index (χ0n) is 11.7. The minimum Gasteiger partial charge on any atom is -0.387 e. The van der Waals surface area contributed by atoms with Gasteiger partial charge in [-0.05, 0) is 50.0 Å². The molecule has 1 fully saturated rings. The number of benzene rings is 1. The van der Waals surface area contributed by atoms with Crippen LogP contribution in [0.5, 0.6) is 0 Å². The molecule has 1 aromatic carbocycles. The van der Waals surface area contributed by atoms with Crippen molar-refractivity contribution in [1.29, 1.82) is 5.41 Å². The summed E-state index contributed by atoms with van der Waals surface area (Å²) in [5.41, 5.74) is 7.94. The van der Waals surface area contributed by atoms with Crippen LogP contribution in [-0.2, 0) is 6.54 Å². The third-order valence-corrected chi connectivity index (χ3v) is 4.56. The van der Waals surface area contributed by atoms with E-state index in [9.17, 15) is 0 Å². The highest BCUT2D eigenvalue weighted by Crippen LogP contribution is 2.31. The minimum atomic E-state index is -0.117. The summed E-state index contributed by atoms with van der Waals surface area (Å²) >= 11 is 6.27. The van der Waals surface area contributed by atoms with Gasteiger partial charge in [0.25, 0.3) is 0 Å². The van der Waals surface area contributed by atoms with E-state index in [2.05, 4.69) is 30.9 Å². The monoisotopic (exact) mass is 279 g/mol. The number of amidine groups is 1. The number of hydrogen-bond donors (Lipinski definition) is 2. The van der Waals surface area contributed by atoms with E-state index in [-0.39, 0.29) is 5.41 Å². The van der Waals surface area contributed by atoms with E-state index in [4.69, 9.17) is 22.7 Å². The number of nitrogens with one attached hydrogen (secondary N) is 1. The molecule has 0 bridgehead atoms. The largest absolute Gasteiger partial charge is 0.387 e. The molecule has 104 valence electrons. The highest BCUT2D eigenvalue weighted by molar-refractivity contribution is 6.31. The van der Waals surface area contributed by atoms with E-state index in [1.54, 1.807) is 0 Å². The molecule has 0 spiro atoms. The molecule has 0 saturated carbocycles. The lowest BCUT2D eigenvalue weighted by Gasteiger charge is -2.38. The van der Waals surface area contributed by atoms with Crippen molar-refractivity contribution in [2.45, 2.75) is 33.2 Å². The Labute approximate surface area is 120 Å². The predicted octanol–water partition coefficient (Wildman–Crippen LogP) is 3.19. The molecule has 0 aliphatic carbocycles. The second-order valence-corrected chi connectivity index (χ2v) is 6.25. The van der Waals surface area contributed by atoms with Gasteiger partial charge < -0.3 is 5.73 Å². The molecule has 19 heavy (non-hydrogen) atoms. The molecule has 0 unspecified atom stereocenters. The van der Waals surface area contributed by atoms with Crippen LogP contribution in [-0.4, -0.2) is 23.8 Å². The Hall–Kier alpha value is -1.06. The number of rotatable bonds is 3. The van der Waals surface area contributed by atoms with Crippen LogP contribution in [0.3, 0.4) is 0 Å². The molecule has 0 aromatic heterocycles. The average Bonchev–Trinajstić information content (AvgIpc) is 2.35. The summed E-state index contributed by atoms with van der Waals surface area (Å²) in [5.74, 6) is 0.320. The third kappa shape index (κ3) is 3.28. The molecule has 0 atom stereocenters. The maximum atomic E-state index is 7.67. The number of likely N-dealkylation sites (tertiary alicyclic amines) is 1. The Balaban J connectivity index is 1.98. The van der Waals surface area contributed by atoms with E-state index >= 15 is 0 Å². The second-order valence-electron chi connectivity index (χ2n) is 5.85. The standard InChI is InChI=1S/C15H22ClN3/c1-11-3-4-12(13(16)9-11)10-19-7-5-15(2,6-8-19)14(17)18/h3-4,9H,5-8,10H2,1-2H3,(H3,17,18). The summed E-state index contributed by atoms with van der Waals surface area (Å²) in [5, 5.41) is 8.52. The van der Waals surface area contributed by atoms with E-state index in [0.29, 0.717) is 5.84 Å². The van der Waals surface area contributed by atoms with E-state index < -0.39 is 0 Å². The first kappa shape index (κ1) is 14.4. The molecule has 0 amide bonds. The first-order valence-corrected chi connectivity index (χ1v) is 7.10. The minimum absolute atomic E-state index is 0.117. The molecule has 3 nitrogen and oxygen atoms in total. The van der Waals surface area contributed by atoms with Crippen LogP contribution >= 0.6 is 11.6 Å². The maximum Gasteiger partial charge on any atom is 0.0966 e. The van der Waals surface area contributed by atoms with Crippen molar-refractivity contribution in [3.63, 3.8) is 0 Å². The van der Waals surface area contributed by atoms with Crippen molar-refractivity contribution >= 4 is 17.4 Å². The van der Waals surface area contributed by atoms with Gasteiger partial charge in [0, 0.05) is 17.0 Å². The summed E-state index contributed by atoms with van der Waals surface area (Å²) in [6, 6.07) is 6.22. The third-order valence-electron chi connectivity index (χ3n) is 4.21. The smallest absolute Gasteiger partial charge is 0.0966 e. The Morgan fingerprint density at radius 1 is 1.42 bits per heavy atom. The number of piperidine rings is 1. The summed E-state index contributed by atoms with van der Waals surface area (Å²) in [7, 11) is 0. The Kier molecular flexibility index (Phi) is 4.16. The summed E-state index contributed by atoms with van der Waals surface area (Å²) < 4.78 is 0. The molecule has 1 saturated heterocycles. The summed E-state index contributed by atoms with van der Waals surface area (Å²) in [6.45, 7) is 6.97. The molecule has 1 aliphatic rings. The van der Waals surface area contributed by atoms with Gasteiger partial charge in [0.15, 0.2) is 0 Å². The molecule has 1 heterocycles. The molecule has 3 N–H and O–H groups in total. The summed E-state index contributed by atoms with van der Waals surface area (Å²) in [4.78, 5) is 2.39. The fourth-order valence-corrected chi connectivity index (χ4v) is 2.79. The van der Waals surface area contributed by atoms with Gasteiger partial charge in [0.05, 0.1) is 5.84 Å². The lowest BCUT2D eigenvalue weighted by Crippen LogP contribution is -2.44. The predicted molar refractivity (Wildman–Crippen MR) is 80.7 cm³/mol. The average molecular weight is 280 g/mol. The van der Waals surface area contributed by atoms with Gasteiger partial charge in [-0.1, -0.05) is 30.7 Å². The van der Waals surface area contributed by atoms with E-state index in [0.717, 1.165) is 37.5 Å². The quantitative estimate of drug-likeness (QED) is 0.659. The number of nitrogens with zero attached hydrogens (tertiary/aromatic N) is 1. The normalized spacial score (nSPS) is 19.3. The van der Waals surface area contributed by atoms with Gasteiger partial charge in [-0.2, -0.15) is 0 Å². The molecular formula is C15H22ClN3. The Bertz CT molecular complexity index is 476. The van der Waals surface area contributed by atoms with Crippen molar-refractivity contribution in [3.8, 4) is 0 Å². The number of halogens is 1. The number of nitrogens with two attached hydrogens (primary N) is 1. The van der Waals surface area contributed by atoms with Crippen LogP contribution in [0.25, 0.3) is 0 Å². The van der Waals surface area contributed by atoms with Gasteiger partial charge >= 0.3 is 0 Å². The van der Waals surface area contributed by atoms with Crippen LogP contribution in [0.2, 0.25) is 5.02 Å². The zero-order valence-corrected chi connectivity index (χ0v) is 12.4. The van der Waals surface area contributed by atoms with Gasteiger partial charge in [0.1, 0.15) is 0 Å². The van der Waals surface area contributed by atoms with Crippen molar-refractivity contribution in [2.24, 2.45) is 11.1 Å². The van der Waals surface area contributed by atoms with Crippen LogP contribution in [0.15, 0.2) is 18.2 Å². The van der Waals surface area contributed by atoms with Crippen molar-refractivity contribution < 1.29 is 0 Å². The lowest BCUT2D eigenvalue weighted by molar-refractivity contribution is 0.156. The SMILES string of the molecule is Cc1ccc(CN2CCC(C)(C(=N)N)CC2)c(Cl)c1. The Morgan fingerprint density at radius 3 is 2.58 bits per heavy atom. The van der Waals surface area contributed by atoms with Gasteiger partial charge in [-0.15, -0.1) is 0 Å². The molecular weight excluding hydrogens is 258 g/mol. The number of hydrogen-bond acceptors (Lipinski definition) is 2. The first-order chi connectivity index (χ1) is 8.90. The van der Waals surface area contributed by atoms with Gasteiger partial charge in [-0.25, -0.2) is 0 Å². The first-order valence-electron chi connectivity index (χ1n) is 6.73. The van der Waals surface area contributed by atoms with Crippen LogP contribution in [0.1, 0.15) is 30.9 Å². The fraction of sp³-hybridized carbons (Fsp3) is 0.533. The fourth-order valence-electron chi connectivity index (χ4n) is 2.50. The molecule has 0 radical (unpaired) electrons. The van der Waals surface area contributed by atoms with E-state index in [1.807, 2.05) is 6.07 Å².